The third kappa shape index (κ3) is 4.15. The van der Waals surface area contributed by atoms with Crippen LogP contribution in [0.1, 0.15) is 27.6 Å². The summed E-state index contributed by atoms with van der Waals surface area (Å²) in [6, 6.07) is 10.7. The Morgan fingerprint density at radius 2 is 1.96 bits per heavy atom. The van der Waals surface area contributed by atoms with Gasteiger partial charge in [0, 0.05) is 23.3 Å². The summed E-state index contributed by atoms with van der Waals surface area (Å²) in [5.74, 6) is -0.0976. The van der Waals surface area contributed by atoms with Crippen molar-refractivity contribution in [2.24, 2.45) is 0 Å². The van der Waals surface area contributed by atoms with E-state index in [1.807, 2.05) is 29.6 Å². The fourth-order valence-corrected chi connectivity index (χ4v) is 3.46. The van der Waals surface area contributed by atoms with Crippen molar-refractivity contribution in [3.63, 3.8) is 0 Å². The summed E-state index contributed by atoms with van der Waals surface area (Å²) in [5, 5.41) is 5.06. The third-order valence-electron chi connectivity index (χ3n) is 3.82. The van der Waals surface area contributed by atoms with Gasteiger partial charge in [0.25, 0.3) is 5.91 Å². The number of esters is 1. The molecule has 0 unspecified atom stereocenters. The Hall–Kier alpha value is -3.19. The number of nitrogens with one attached hydrogen (secondary N) is 1. The van der Waals surface area contributed by atoms with Crippen LogP contribution in [0.25, 0.3) is 11.1 Å². The Bertz CT molecular complexity index is 936. The van der Waals surface area contributed by atoms with Crippen LogP contribution in [-0.2, 0) is 4.74 Å². The number of rotatable bonds is 6. The summed E-state index contributed by atoms with van der Waals surface area (Å²) in [5.41, 5.74) is 2.27. The van der Waals surface area contributed by atoms with Crippen molar-refractivity contribution in [1.82, 2.24) is 4.98 Å². The SMILES string of the molecule is CCOC(=O)c1c(-c2ccc(OC)cc2)csc1NC(=O)c1cccnc1. The zero-order chi connectivity index (χ0) is 19.2. The number of nitrogens with zero attached hydrogens (tertiary/aromatic N) is 1. The fraction of sp³-hybridized carbons (Fsp3) is 0.150. The number of carbonyl (C=O) groups is 2. The largest absolute Gasteiger partial charge is 0.497 e. The zero-order valence-corrected chi connectivity index (χ0v) is 15.7. The molecule has 0 radical (unpaired) electrons. The molecule has 0 saturated heterocycles. The molecule has 3 aromatic rings. The van der Waals surface area contributed by atoms with Gasteiger partial charge in [0.05, 0.1) is 19.3 Å². The van der Waals surface area contributed by atoms with E-state index in [0.717, 1.165) is 11.3 Å². The number of aromatic nitrogens is 1. The van der Waals surface area contributed by atoms with E-state index in [0.29, 0.717) is 21.7 Å². The number of methoxy groups -OCH3 is 1. The van der Waals surface area contributed by atoms with E-state index in [4.69, 9.17) is 9.47 Å². The van der Waals surface area contributed by atoms with Gasteiger partial charge in [0.1, 0.15) is 16.3 Å². The summed E-state index contributed by atoms with van der Waals surface area (Å²) in [7, 11) is 1.59. The number of anilines is 1. The van der Waals surface area contributed by atoms with Crippen LogP contribution in [0.3, 0.4) is 0 Å². The number of ether oxygens (including phenoxy) is 2. The van der Waals surface area contributed by atoms with E-state index >= 15 is 0 Å². The summed E-state index contributed by atoms with van der Waals surface area (Å²) in [6.07, 6.45) is 3.06. The maximum Gasteiger partial charge on any atom is 0.341 e. The van der Waals surface area contributed by atoms with Crippen molar-refractivity contribution in [2.75, 3.05) is 19.0 Å². The predicted octanol–water partition coefficient (Wildman–Crippen LogP) is 4.25. The minimum Gasteiger partial charge on any atom is -0.497 e. The third-order valence-corrected chi connectivity index (χ3v) is 4.72. The molecule has 0 aliphatic heterocycles. The molecule has 0 spiro atoms. The smallest absolute Gasteiger partial charge is 0.341 e. The Balaban J connectivity index is 1.97. The number of thiophene rings is 1. The van der Waals surface area contributed by atoms with Crippen LogP contribution >= 0.6 is 11.3 Å². The highest BCUT2D eigenvalue weighted by Gasteiger charge is 2.23. The van der Waals surface area contributed by atoms with Gasteiger partial charge in [-0.3, -0.25) is 9.78 Å². The van der Waals surface area contributed by atoms with E-state index in [1.54, 1.807) is 32.4 Å². The summed E-state index contributed by atoms with van der Waals surface area (Å²) in [4.78, 5) is 29.0. The van der Waals surface area contributed by atoms with Crippen molar-refractivity contribution < 1.29 is 19.1 Å². The average molecular weight is 382 g/mol. The van der Waals surface area contributed by atoms with Gasteiger partial charge in [0.15, 0.2) is 0 Å². The molecule has 0 atom stereocenters. The van der Waals surface area contributed by atoms with Crippen LogP contribution in [0.5, 0.6) is 5.75 Å². The number of carbonyl (C=O) groups excluding carboxylic acids is 2. The van der Waals surface area contributed by atoms with Crippen LogP contribution in [0.2, 0.25) is 0 Å². The molecule has 6 nitrogen and oxygen atoms in total. The molecule has 1 aromatic carbocycles. The number of benzene rings is 1. The van der Waals surface area contributed by atoms with Crippen LogP contribution in [-0.4, -0.2) is 30.6 Å². The van der Waals surface area contributed by atoms with Gasteiger partial charge >= 0.3 is 5.97 Å². The molecule has 138 valence electrons. The molecule has 0 aliphatic carbocycles. The first-order chi connectivity index (χ1) is 13.1. The molecule has 2 aromatic heterocycles. The average Bonchev–Trinajstić information content (AvgIpc) is 3.12. The molecular formula is C20H18N2O4S. The van der Waals surface area contributed by atoms with Gasteiger partial charge in [-0.15, -0.1) is 11.3 Å². The van der Waals surface area contributed by atoms with Crippen molar-refractivity contribution in [1.29, 1.82) is 0 Å². The first-order valence-electron chi connectivity index (χ1n) is 8.28. The highest BCUT2D eigenvalue weighted by Crippen LogP contribution is 2.37. The lowest BCUT2D eigenvalue weighted by atomic mass is 10.0. The molecule has 1 N–H and O–H groups in total. The van der Waals surface area contributed by atoms with Gasteiger partial charge in [-0.1, -0.05) is 12.1 Å². The quantitative estimate of drug-likeness (QED) is 0.645. The highest BCUT2D eigenvalue weighted by atomic mass is 32.1. The number of hydrogen-bond acceptors (Lipinski definition) is 6. The second-order valence-electron chi connectivity index (χ2n) is 5.50. The molecular weight excluding hydrogens is 364 g/mol. The molecule has 0 bridgehead atoms. The highest BCUT2D eigenvalue weighted by molar-refractivity contribution is 7.15. The number of pyridine rings is 1. The van der Waals surface area contributed by atoms with E-state index < -0.39 is 5.97 Å². The van der Waals surface area contributed by atoms with Crippen LogP contribution in [0, 0.1) is 0 Å². The molecule has 7 heteroatoms. The van der Waals surface area contributed by atoms with E-state index in [1.165, 1.54) is 17.5 Å². The first kappa shape index (κ1) is 18.6. The molecule has 0 aliphatic rings. The molecule has 2 heterocycles. The van der Waals surface area contributed by atoms with Crippen molar-refractivity contribution in [2.45, 2.75) is 6.92 Å². The lowest BCUT2D eigenvalue weighted by Crippen LogP contribution is -2.15. The summed E-state index contributed by atoms with van der Waals surface area (Å²) < 4.78 is 10.4. The standard InChI is InChI=1S/C20H18N2O4S/c1-3-26-20(24)17-16(13-6-8-15(25-2)9-7-13)12-27-19(17)22-18(23)14-5-4-10-21-11-14/h4-12H,3H2,1-2H3,(H,22,23). The normalized spacial score (nSPS) is 10.3. The minimum absolute atomic E-state index is 0.243. The Morgan fingerprint density at radius 1 is 1.19 bits per heavy atom. The van der Waals surface area contributed by atoms with Gasteiger partial charge < -0.3 is 14.8 Å². The van der Waals surface area contributed by atoms with E-state index in [-0.39, 0.29) is 12.5 Å². The molecule has 27 heavy (non-hydrogen) atoms. The molecule has 3 rings (SSSR count). The Labute approximate surface area is 160 Å². The number of amides is 1. The molecule has 0 saturated carbocycles. The number of hydrogen-bond donors (Lipinski definition) is 1. The molecule has 1 amide bonds. The molecule has 0 fully saturated rings. The first-order valence-corrected chi connectivity index (χ1v) is 9.16. The monoisotopic (exact) mass is 382 g/mol. The maximum atomic E-state index is 12.6. The van der Waals surface area contributed by atoms with Gasteiger partial charge in [-0.25, -0.2) is 4.79 Å². The van der Waals surface area contributed by atoms with Crippen LogP contribution < -0.4 is 10.1 Å². The Morgan fingerprint density at radius 3 is 2.59 bits per heavy atom. The second kappa shape index (κ2) is 8.46. The summed E-state index contributed by atoms with van der Waals surface area (Å²) in [6.45, 7) is 1.98. The topological polar surface area (TPSA) is 77.5 Å². The lowest BCUT2D eigenvalue weighted by molar-refractivity contribution is 0.0529. The maximum absolute atomic E-state index is 12.6. The predicted molar refractivity (Wildman–Crippen MR) is 104 cm³/mol. The fourth-order valence-electron chi connectivity index (χ4n) is 2.51. The lowest BCUT2D eigenvalue weighted by Gasteiger charge is -2.09. The van der Waals surface area contributed by atoms with Crippen molar-refractivity contribution in [3.05, 3.63) is 65.3 Å². The van der Waals surface area contributed by atoms with Crippen molar-refractivity contribution in [3.8, 4) is 16.9 Å². The minimum atomic E-state index is -0.481. The van der Waals surface area contributed by atoms with Crippen LogP contribution in [0.15, 0.2) is 54.2 Å². The zero-order valence-electron chi connectivity index (χ0n) is 14.9. The van der Waals surface area contributed by atoms with Crippen LogP contribution in [0.4, 0.5) is 5.00 Å². The Kier molecular flexibility index (Phi) is 5.83. The second-order valence-corrected chi connectivity index (χ2v) is 6.38. The van der Waals surface area contributed by atoms with Crippen molar-refractivity contribution >= 4 is 28.2 Å². The van der Waals surface area contributed by atoms with Gasteiger partial charge in [-0.2, -0.15) is 0 Å². The van der Waals surface area contributed by atoms with E-state index in [9.17, 15) is 9.59 Å². The summed E-state index contributed by atoms with van der Waals surface area (Å²) >= 11 is 1.27. The van der Waals surface area contributed by atoms with Gasteiger partial charge in [0.2, 0.25) is 0 Å². The van der Waals surface area contributed by atoms with E-state index in [2.05, 4.69) is 10.3 Å². The van der Waals surface area contributed by atoms with Gasteiger partial charge in [-0.05, 0) is 36.8 Å².